The summed E-state index contributed by atoms with van der Waals surface area (Å²) in [6, 6.07) is 0.530. The summed E-state index contributed by atoms with van der Waals surface area (Å²) in [4.78, 5) is 31.7. The number of aryl methyl sites for hydroxylation is 1. The molecule has 2 amide bonds. The SMILES string of the molecule is Cc1nonc1CC(=O)N1CCC(N2CCC(C(=O)N3CCCC3)CC2)CC1. The fourth-order valence-corrected chi connectivity index (χ4v) is 4.85. The van der Waals surface area contributed by atoms with Gasteiger partial charge in [0.2, 0.25) is 11.8 Å². The smallest absolute Gasteiger partial charge is 0.228 e. The zero-order valence-electron chi connectivity index (χ0n) is 16.8. The third-order valence-electron chi connectivity index (χ3n) is 6.70. The normalized spacial score (nSPS) is 22.8. The maximum absolute atomic E-state index is 12.6. The summed E-state index contributed by atoms with van der Waals surface area (Å²) in [6.45, 7) is 7.31. The van der Waals surface area contributed by atoms with Crippen molar-refractivity contribution in [3.8, 4) is 0 Å². The summed E-state index contributed by atoms with van der Waals surface area (Å²) in [5, 5.41) is 7.56. The molecule has 8 nitrogen and oxygen atoms in total. The van der Waals surface area contributed by atoms with Crippen LogP contribution in [0.1, 0.15) is 49.9 Å². The highest BCUT2D eigenvalue weighted by atomic mass is 16.6. The fourth-order valence-electron chi connectivity index (χ4n) is 4.85. The van der Waals surface area contributed by atoms with Gasteiger partial charge in [-0.2, -0.15) is 0 Å². The number of rotatable bonds is 4. The van der Waals surface area contributed by atoms with Crippen LogP contribution in [0.5, 0.6) is 0 Å². The minimum atomic E-state index is 0.104. The number of aromatic nitrogens is 2. The molecule has 0 unspecified atom stereocenters. The number of hydrogen-bond donors (Lipinski definition) is 0. The fraction of sp³-hybridized carbons (Fsp3) is 0.800. The van der Waals surface area contributed by atoms with Gasteiger partial charge in [0.25, 0.3) is 0 Å². The van der Waals surface area contributed by atoms with Gasteiger partial charge in [-0.3, -0.25) is 9.59 Å². The standard InChI is InChI=1S/C20H31N5O3/c1-15-18(22-28-21-15)14-19(26)24-12-6-17(7-13-24)23-10-4-16(5-11-23)20(27)25-8-2-3-9-25/h16-17H,2-14H2,1H3. The monoisotopic (exact) mass is 389 g/mol. The maximum atomic E-state index is 12.6. The Labute approximate surface area is 166 Å². The van der Waals surface area contributed by atoms with Gasteiger partial charge < -0.3 is 14.7 Å². The van der Waals surface area contributed by atoms with Crippen molar-refractivity contribution in [3.05, 3.63) is 11.4 Å². The lowest BCUT2D eigenvalue weighted by atomic mass is 9.92. The Hall–Kier alpha value is -1.96. The van der Waals surface area contributed by atoms with Crippen molar-refractivity contribution >= 4 is 11.8 Å². The van der Waals surface area contributed by atoms with Crippen LogP contribution < -0.4 is 0 Å². The zero-order chi connectivity index (χ0) is 19.5. The van der Waals surface area contributed by atoms with Crippen LogP contribution >= 0.6 is 0 Å². The topological polar surface area (TPSA) is 82.8 Å². The molecule has 0 spiro atoms. The lowest BCUT2D eigenvalue weighted by molar-refractivity contribution is -0.137. The highest BCUT2D eigenvalue weighted by molar-refractivity contribution is 5.79. The lowest BCUT2D eigenvalue weighted by Crippen LogP contribution is -2.50. The number of hydrogen-bond acceptors (Lipinski definition) is 6. The Balaban J connectivity index is 1.21. The van der Waals surface area contributed by atoms with Crippen LogP contribution in [0.2, 0.25) is 0 Å². The van der Waals surface area contributed by atoms with Gasteiger partial charge in [-0.05, 0) is 58.5 Å². The first-order chi connectivity index (χ1) is 13.6. The Bertz CT molecular complexity index is 684. The van der Waals surface area contributed by atoms with E-state index in [1.165, 1.54) is 0 Å². The molecule has 3 fully saturated rings. The van der Waals surface area contributed by atoms with E-state index in [9.17, 15) is 9.59 Å². The number of carbonyl (C=O) groups is 2. The van der Waals surface area contributed by atoms with E-state index in [0.717, 1.165) is 77.8 Å². The van der Waals surface area contributed by atoms with E-state index in [4.69, 9.17) is 0 Å². The Morgan fingerprint density at radius 2 is 1.61 bits per heavy atom. The summed E-state index contributed by atoms with van der Waals surface area (Å²) >= 11 is 0. The minimum Gasteiger partial charge on any atom is -0.342 e. The zero-order valence-corrected chi connectivity index (χ0v) is 16.8. The second-order valence-electron chi connectivity index (χ2n) is 8.43. The number of amides is 2. The van der Waals surface area contributed by atoms with Crippen molar-refractivity contribution in [1.82, 2.24) is 25.0 Å². The molecule has 0 radical (unpaired) electrons. The Morgan fingerprint density at radius 1 is 0.929 bits per heavy atom. The van der Waals surface area contributed by atoms with E-state index in [1.54, 1.807) is 0 Å². The average Bonchev–Trinajstić information content (AvgIpc) is 3.40. The highest BCUT2D eigenvalue weighted by Crippen LogP contribution is 2.26. The molecule has 8 heteroatoms. The van der Waals surface area contributed by atoms with E-state index >= 15 is 0 Å². The van der Waals surface area contributed by atoms with Crippen LogP contribution in [-0.4, -0.2) is 82.1 Å². The summed E-state index contributed by atoms with van der Waals surface area (Å²) in [6.07, 6.45) is 6.56. The first kappa shape index (κ1) is 19.4. The second-order valence-corrected chi connectivity index (χ2v) is 8.43. The molecule has 154 valence electrons. The predicted octanol–water partition coefficient (Wildman–Crippen LogP) is 1.25. The molecule has 0 aliphatic carbocycles. The van der Waals surface area contributed by atoms with Gasteiger partial charge in [0.1, 0.15) is 11.4 Å². The van der Waals surface area contributed by atoms with E-state index < -0.39 is 0 Å². The number of likely N-dealkylation sites (tertiary alicyclic amines) is 3. The summed E-state index contributed by atoms with van der Waals surface area (Å²) in [7, 11) is 0. The third-order valence-corrected chi connectivity index (χ3v) is 6.70. The summed E-state index contributed by atoms with van der Waals surface area (Å²) in [5.74, 6) is 0.706. The molecule has 0 saturated carbocycles. The van der Waals surface area contributed by atoms with Crippen LogP contribution in [0.3, 0.4) is 0 Å². The molecule has 0 atom stereocenters. The molecule has 28 heavy (non-hydrogen) atoms. The molecule has 4 rings (SSSR count). The molecule has 3 aliphatic heterocycles. The van der Waals surface area contributed by atoms with Crippen molar-refractivity contribution in [2.24, 2.45) is 5.92 Å². The van der Waals surface area contributed by atoms with Crippen LogP contribution in [0, 0.1) is 12.8 Å². The Morgan fingerprint density at radius 3 is 2.21 bits per heavy atom. The average molecular weight is 390 g/mol. The molecule has 1 aromatic rings. The molecular formula is C20H31N5O3. The molecule has 4 heterocycles. The van der Waals surface area contributed by atoms with Gasteiger partial charge in [0.15, 0.2) is 0 Å². The van der Waals surface area contributed by atoms with Crippen molar-refractivity contribution in [2.45, 2.75) is 57.9 Å². The molecule has 1 aromatic heterocycles. The third kappa shape index (κ3) is 4.21. The molecule has 3 aliphatic rings. The number of carbonyl (C=O) groups excluding carboxylic acids is 2. The van der Waals surface area contributed by atoms with Crippen LogP contribution in [0.15, 0.2) is 4.63 Å². The quantitative estimate of drug-likeness (QED) is 0.771. The highest BCUT2D eigenvalue weighted by Gasteiger charge is 2.33. The van der Waals surface area contributed by atoms with Crippen LogP contribution in [0.4, 0.5) is 0 Å². The molecule has 0 bridgehead atoms. The van der Waals surface area contributed by atoms with Crippen LogP contribution in [-0.2, 0) is 16.0 Å². The molecular weight excluding hydrogens is 358 g/mol. The molecule has 0 N–H and O–H groups in total. The first-order valence-electron chi connectivity index (χ1n) is 10.7. The van der Waals surface area contributed by atoms with Gasteiger partial charge in [0.05, 0.1) is 6.42 Å². The summed E-state index contributed by atoms with van der Waals surface area (Å²) < 4.78 is 4.68. The van der Waals surface area contributed by atoms with Crippen LogP contribution in [0.25, 0.3) is 0 Å². The van der Waals surface area contributed by atoms with Crippen molar-refractivity contribution < 1.29 is 14.2 Å². The lowest BCUT2D eigenvalue weighted by Gasteiger charge is -2.42. The van der Waals surface area contributed by atoms with Gasteiger partial charge in [-0.25, -0.2) is 4.63 Å². The number of piperidine rings is 2. The largest absolute Gasteiger partial charge is 0.342 e. The minimum absolute atomic E-state index is 0.104. The van der Waals surface area contributed by atoms with Gasteiger partial charge in [-0.15, -0.1) is 0 Å². The Kier molecular flexibility index (Phi) is 5.94. The van der Waals surface area contributed by atoms with E-state index in [-0.39, 0.29) is 18.2 Å². The molecule has 0 aromatic carbocycles. The van der Waals surface area contributed by atoms with Gasteiger partial charge >= 0.3 is 0 Å². The maximum Gasteiger partial charge on any atom is 0.228 e. The summed E-state index contributed by atoms with van der Waals surface area (Å²) in [5.41, 5.74) is 1.33. The van der Waals surface area contributed by atoms with Crippen molar-refractivity contribution in [3.63, 3.8) is 0 Å². The van der Waals surface area contributed by atoms with E-state index in [1.807, 2.05) is 11.8 Å². The molecule has 3 saturated heterocycles. The number of nitrogens with zero attached hydrogens (tertiary/aromatic N) is 5. The van der Waals surface area contributed by atoms with Gasteiger partial charge in [0, 0.05) is 38.1 Å². The first-order valence-corrected chi connectivity index (χ1v) is 10.7. The van der Waals surface area contributed by atoms with E-state index in [2.05, 4.69) is 24.7 Å². The van der Waals surface area contributed by atoms with Crippen molar-refractivity contribution in [1.29, 1.82) is 0 Å². The van der Waals surface area contributed by atoms with E-state index in [0.29, 0.717) is 23.3 Å². The second kappa shape index (κ2) is 8.59. The van der Waals surface area contributed by atoms with Crippen molar-refractivity contribution in [2.75, 3.05) is 39.3 Å². The predicted molar refractivity (Wildman–Crippen MR) is 102 cm³/mol. The van der Waals surface area contributed by atoms with Gasteiger partial charge in [-0.1, -0.05) is 10.3 Å².